The normalized spacial score (nSPS) is 16.6. The van der Waals surface area contributed by atoms with Crippen molar-refractivity contribution < 1.29 is 4.79 Å². The van der Waals surface area contributed by atoms with Crippen LogP contribution in [-0.2, 0) is 11.2 Å². The average Bonchev–Trinajstić information content (AvgIpc) is 2.96. The number of piperazine rings is 1. The highest BCUT2D eigenvalue weighted by Gasteiger charge is 2.22. The molecule has 3 rings (SSSR count). The fourth-order valence-corrected chi connectivity index (χ4v) is 3.17. The van der Waals surface area contributed by atoms with E-state index in [1.807, 2.05) is 18.7 Å². The summed E-state index contributed by atoms with van der Waals surface area (Å²) in [5.41, 5.74) is 2.60. The molecule has 0 radical (unpaired) electrons. The van der Waals surface area contributed by atoms with Gasteiger partial charge >= 0.3 is 0 Å². The number of aromatic amines is 1. The number of H-pyrrole nitrogens is 1. The number of aromatic nitrogens is 1. The number of nitrogens with one attached hydrogen (secondary N) is 1. The van der Waals surface area contributed by atoms with E-state index in [0.29, 0.717) is 0 Å². The minimum Gasteiger partial charge on any atom is -0.361 e. The van der Waals surface area contributed by atoms with Crippen LogP contribution in [0.1, 0.15) is 19.4 Å². The first-order valence-electron chi connectivity index (χ1n) is 8.21. The molecular formula is C18H25N3O. The van der Waals surface area contributed by atoms with Gasteiger partial charge in [0.2, 0.25) is 5.91 Å². The first-order chi connectivity index (χ1) is 10.6. The summed E-state index contributed by atoms with van der Waals surface area (Å²) >= 11 is 0. The van der Waals surface area contributed by atoms with Crippen LogP contribution >= 0.6 is 0 Å². The molecule has 118 valence electrons. The Labute approximate surface area is 132 Å². The van der Waals surface area contributed by atoms with Crippen molar-refractivity contribution in [1.82, 2.24) is 14.8 Å². The van der Waals surface area contributed by atoms with E-state index in [-0.39, 0.29) is 11.8 Å². The van der Waals surface area contributed by atoms with Crippen molar-refractivity contribution in [3.63, 3.8) is 0 Å². The minimum absolute atomic E-state index is 0.109. The van der Waals surface area contributed by atoms with Gasteiger partial charge in [0.05, 0.1) is 0 Å². The topological polar surface area (TPSA) is 39.3 Å². The number of carbonyl (C=O) groups excluding carboxylic acids is 1. The van der Waals surface area contributed by atoms with Gasteiger partial charge in [0, 0.05) is 55.7 Å². The maximum Gasteiger partial charge on any atom is 0.225 e. The Balaban J connectivity index is 1.52. The lowest BCUT2D eigenvalue weighted by molar-refractivity contribution is -0.136. The van der Waals surface area contributed by atoms with Crippen molar-refractivity contribution in [3.05, 3.63) is 36.0 Å². The van der Waals surface area contributed by atoms with Gasteiger partial charge in [0.25, 0.3) is 0 Å². The summed E-state index contributed by atoms with van der Waals surface area (Å²) in [6.45, 7) is 8.72. The standard InChI is InChI=1S/C18H25N3O/c1-14(2)18(22)21-11-9-20(10-12-21)8-7-15-13-19-17-6-4-3-5-16(15)17/h3-6,13-14,19H,7-12H2,1-2H3. The van der Waals surface area contributed by atoms with Gasteiger partial charge in [-0.05, 0) is 18.1 Å². The smallest absolute Gasteiger partial charge is 0.225 e. The number of hydrogen-bond donors (Lipinski definition) is 1. The first kappa shape index (κ1) is 15.1. The zero-order chi connectivity index (χ0) is 15.5. The van der Waals surface area contributed by atoms with Crippen LogP contribution in [0, 0.1) is 5.92 Å². The van der Waals surface area contributed by atoms with Crippen LogP contribution in [-0.4, -0.2) is 53.4 Å². The number of rotatable bonds is 4. The first-order valence-corrected chi connectivity index (χ1v) is 8.21. The van der Waals surface area contributed by atoms with E-state index in [2.05, 4.69) is 40.3 Å². The Kier molecular flexibility index (Phi) is 4.48. The molecular weight excluding hydrogens is 274 g/mol. The number of hydrogen-bond acceptors (Lipinski definition) is 2. The number of nitrogens with zero attached hydrogens (tertiary/aromatic N) is 2. The van der Waals surface area contributed by atoms with E-state index in [1.165, 1.54) is 16.5 Å². The Bertz CT molecular complexity index is 639. The van der Waals surface area contributed by atoms with Crippen LogP contribution in [0.2, 0.25) is 0 Å². The summed E-state index contributed by atoms with van der Waals surface area (Å²) in [6, 6.07) is 8.46. The van der Waals surface area contributed by atoms with Crippen molar-refractivity contribution >= 4 is 16.8 Å². The van der Waals surface area contributed by atoms with Crippen LogP contribution in [0.4, 0.5) is 0 Å². The SMILES string of the molecule is CC(C)C(=O)N1CCN(CCc2c[nH]c3ccccc23)CC1. The van der Waals surface area contributed by atoms with Crippen LogP contribution in [0.15, 0.2) is 30.5 Å². The molecule has 1 aromatic heterocycles. The average molecular weight is 299 g/mol. The Morgan fingerprint density at radius 2 is 1.91 bits per heavy atom. The zero-order valence-corrected chi connectivity index (χ0v) is 13.5. The number of benzene rings is 1. The zero-order valence-electron chi connectivity index (χ0n) is 13.5. The van der Waals surface area contributed by atoms with E-state index >= 15 is 0 Å². The van der Waals surface area contributed by atoms with Crippen LogP contribution < -0.4 is 0 Å². The minimum atomic E-state index is 0.109. The highest BCUT2D eigenvalue weighted by atomic mass is 16.2. The quantitative estimate of drug-likeness (QED) is 0.942. The molecule has 22 heavy (non-hydrogen) atoms. The van der Waals surface area contributed by atoms with Crippen LogP contribution in [0.3, 0.4) is 0 Å². The summed E-state index contributed by atoms with van der Waals surface area (Å²) in [5.74, 6) is 0.397. The molecule has 4 heteroatoms. The van der Waals surface area contributed by atoms with Crippen LogP contribution in [0.5, 0.6) is 0 Å². The number of para-hydroxylation sites is 1. The predicted octanol–water partition coefficient (Wildman–Crippen LogP) is 2.51. The van der Waals surface area contributed by atoms with Gasteiger partial charge < -0.3 is 9.88 Å². The van der Waals surface area contributed by atoms with E-state index in [4.69, 9.17) is 0 Å². The molecule has 0 atom stereocenters. The molecule has 4 nitrogen and oxygen atoms in total. The summed E-state index contributed by atoms with van der Waals surface area (Å²) < 4.78 is 0. The monoisotopic (exact) mass is 299 g/mol. The second-order valence-electron chi connectivity index (χ2n) is 6.43. The van der Waals surface area contributed by atoms with E-state index in [0.717, 1.165) is 39.1 Å². The molecule has 1 fully saturated rings. The van der Waals surface area contributed by atoms with Gasteiger partial charge in [-0.25, -0.2) is 0 Å². The molecule has 0 unspecified atom stereocenters. The molecule has 2 heterocycles. The molecule has 0 aliphatic carbocycles. The maximum absolute atomic E-state index is 12.0. The fraction of sp³-hybridized carbons (Fsp3) is 0.500. The van der Waals surface area contributed by atoms with Crippen molar-refractivity contribution in [2.75, 3.05) is 32.7 Å². The Morgan fingerprint density at radius 3 is 2.64 bits per heavy atom. The van der Waals surface area contributed by atoms with Gasteiger partial charge in [0.1, 0.15) is 0 Å². The second kappa shape index (κ2) is 6.53. The van der Waals surface area contributed by atoms with E-state index in [1.54, 1.807) is 0 Å². The third kappa shape index (κ3) is 3.17. The highest BCUT2D eigenvalue weighted by molar-refractivity contribution is 5.83. The highest BCUT2D eigenvalue weighted by Crippen LogP contribution is 2.18. The van der Waals surface area contributed by atoms with Crippen molar-refractivity contribution in [1.29, 1.82) is 0 Å². The number of carbonyl (C=O) groups is 1. The molecule has 1 aliphatic heterocycles. The molecule has 1 amide bonds. The maximum atomic E-state index is 12.0. The fourth-order valence-electron chi connectivity index (χ4n) is 3.17. The van der Waals surface area contributed by atoms with Crippen molar-refractivity contribution in [2.45, 2.75) is 20.3 Å². The lowest BCUT2D eigenvalue weighted by Gasteiger charge is -2.35. The van der Waals surface area contributed by atoms with Gasteiger partial charge in [-0.2, -0.15) is 0 Å². The second-order valence-corrected chi connectivity index (χ2v) is 6.43. The third-order valence-corrected chi connectivity index (χ3v) is 4.55. The molecule has 0 bridgehead atoms. The summed E-state index contributed by atoms with van der Waals surface area (Å²) in [5, 5.41) is 1.33. The van der Waals surface area contributed by atoms with Crippen molar-refractivity contribution in [2.24, 2.45) is 5.92 Å². The van der Waals surface area contributed by atoms with E-state index < -0.39 is 0 Å². The molecule has 1 aromatic carbocycles. The molecule has 1 N–H and O–H groups in total. The number of fused-ring (bicyclic) bond motifs is 1. The van der Waals surface area contributed by atoms with Gasteiger partial charge in [-0.3, -0.25) is 9.69 Å². The molecule has 0 saturated carbocycles. The predicted molar refractivity (Wildman–Crippen MR) is 89.9 cm³/mol. The molecule has 2 aromatic rings. The number of amides is 1. The lowest BCUT2D eigenvalue weighted by atomic mass is 10.1. The Hall–Kier alpha value is -1.81. The summed E-state index contributed by atoms with van der Waals surface area (Å²) in [6.07, 6.45) is 3.19. The van der Waals surface area contributed by atoms with Crippen molar-refractivity contribution in [3.8, 4) is 0 Å². The van der Waals surface area contributed by atoms with E-state index in [9.17, 15) is 4.79 Å². The Morgan fingerprint density at radius 1 is 1.18 bits per heavy atom. The lowest BCUT2D eigenvalue weighted by Crippen LogP contribution is -2.50. The molecule has 1 aliphatic rings. The molecule has 1 saturated heterocycles. The summed E-state index contributed by atoms with van der Waals surface area (Å²) in [4.78, 5) is 19.8. The molecule has 0 spiro atoms. The largest absolute Gasteiger partial charge is 0.361 e. The van der Waals surface area contributed by atoms with Gasteiger partial charge in [-0.15, -0.1) is 0 Å². The third-order valence-electron chi connectivity index (χ3n) is 4.55. The van der Waals surface area contributed by atoms with Gasteiger partial charge in [0.15, 0.2) is 0 Å². The van der Waals surface area contributed by atoms with Gasteiger partial charge in [-0.1, -0.05) is 32.0 Å². The van der Waals surface area contributed by atoms with Crippen LogP contribution in [0.25, 0.3) is 10.9 Å². The summed E-state index contributed by atoms with van der Waals surface area (Å²) in [7, 11) is 0.